The zero-order chi connectivity index (χ0) is 15.7. The fourth-order valence-corrected chi connectivity index (χ4v) is 2.84. The Morgan fingerprint density at radius 1 is 1.55 bits per heavy atom. The topological polar surface area (TPSA) is 105 Å². The Bertz CT molecular complexity index is 685. The Morgan fingerprint density at radius 2 is 2.36 bits per heavy atom. The highest BCUT2D eigenvalue weighted by atomic mass is 16.5. The number of pyridine rings is 1. The highest BCUT2D eigenvalue weighted by molar-refractivity contribution is 5.97. The molecule has 22 heavy (non-hydrogen) atoms. The van der Waals surface area contributed by atoms with Gasteiger partial charge in [-0.2, -0.15) is 0 Å². The minimum absolute atomic E-state index is 0.00455. The predicted octanol–water partition coefficient (Wildman–Crippen LogP) is 0.517. The number of primary amides is 1. The summed E-state index contributed by atoms with van der Waals surface area (Å²) in [6.07, 6.45) is 1.69. The number of hydrogen-bond donors (Lipinski definition) is 2. The van der Waals surface area contributed by atoms with Gasteiger partial charge in [0.05, 0.1) is 17.4 Å². The monoisotopic (exact) mass is 302 g/mol. The molecule has 2 aromatic heterocycles. The molecule has 7 heteroatoms. The summed E-state index contributed by atoms with van der Waals surface area (Å²) in [4.78, 5) is 17.6. The van der Waals surface area contributed by atoms with Crippen LogP contribution < -0.4 is 10.6 Å². The minimum atomic E-state index is -0.521. The number of nitrogens with two attached hydrogens (primary N) is 1. The Hall–Kier alpha value is -2.41. The first-order valence-corrected chi connectivity index (χ1v) is 7.14. The van der Waals surface area contributed by atoms with E-state index in [1.807, 2.05) is 17.9 Å². The first-order valence-electron chi connectivity index (χ1n) is 7.14. The fraction of sp³-hybridized carbons (Fsp3) is 0.400. The van der Waals surface area contributed by atoms with E-state index in [0.29, 0.717) is 30.9 Å². The van der Waals surface area contributed by atoms with Gasteiger partial charge in [-0.05, 0) is 19.1 Å². The summed E-state index contributed by atoms with van der Waals surface area (Å²) >= 11 is 0. The molecule has 1 aliphatic rings. The molecule has 0 saturated carbocycles. The molecule has 3 heterocycles. The van der Waals surface area contributed by atoms with Gasteiger partial charge in [-0.1, -0.05) is 5.16 Å². The van der Waals surface area contributed by atoms with Crippen LogP contribution in [0.5, 0.6) is 0 Å². The minimum Gasteiger partial charge on any atom is -0.391 e. The number of hydrogen-bond acceptors (Lipinski definition) is 6. The van der Waals surface area contributed by atoms with Crippen LogP contribution in [-0.4, -0.2) is 40.3 Å². The molecule has 7 nitrogen and oxygen atoms in total. The first-order chi connectivity index (χ1) is 10.5. The predicted molar refractivity (Wildman–Crippen MR) is 79.4 cm³/mol. The molecule has 3 N–H and O–H groups in total. The number of aryl methyl sites for hydroxylation is 1. The normalized spacial score (nSPS) is 21.3. The van der Waals surface area contributed by atoms with Crippen LogP contribution >= 0.6 is 0 Å². The number of rotatable bonds is 4. The van der Waals surface area contributed by atoms with Crippen molar-refractivity contribution in [1.82, 2.24) is 10.1 Å². The van der Waals surface area contributed by atoms with Crippen LogP contribution in [-0.2, 0) is 6.42 Å². The third kappa shape index (κ3) is 2.80. The van der Waals surface area contributed by atoms with Crippen LogP contribution in [0.1, 0.15) is 21.8 Å². The lowest BCUT2D eigenvalue weighted by atomic mass is 10.0. The standard InChI is InChI=1S/C15H18N4O3/c1-9-5-11(22-18-9)6-10-7-19(8-13(10)20)15-12(14(16)21)3-2-4-17-15/h2-5,10,13,20H,6-8H2,1H3,(H2,16,21). The van der Waals surface area contributed by atoms with Crippen LogP contribution in [0.4, 0.5) is 5.82 Å². The molecule has 2 unspecified atom stereocenters. The second kappa shape index (κ2) is 5.76. The van der Waals surface area contributed by atoms with Gasteiger partial charge >= 0.3 is 0 Å². The third-order valence-electron chi connectivity index (χ3n) is 3.90. The number of amides is 1. The van der Waals surface area contributed by atoms with E-state index in [2.05, 4.69) is 10.1 Å². The first kappa shape index (κ1) is 14.5. The molecule has 116 valence electrons. The van der Waals surface area contributed by atoms with E-state index in [1.165, 1.54) is 0 Å². The number of aliphatic hydroxyl groups excluding tert-OH is 1. The number of nitrogens with zero attached hydrogens (tertiary/aromatic N) is 3. The Kier molecular flexibility index (Phi) is 3.81. The molecular weight excluding hydrogens is 284 g/mol. The average molecular weight is 302 g/mol. The van der Waals surface area contributed by atoms with E-state index in [9.17, 15) is 9.90 Å². The van der Waals surface area contributed by atoms with Crippen LogP contribution in [0.25, 0.3) is 0 Å². The number of β-amino-alcohol motifs (C(OH)–C–C–N with tert-alkyl or cyclic N) is 1. The van der Waals surface area contributed by atoms with E-state index in [4.69, 9.17) is 10.3 Å². The lowest BCUT2D eigenvalue weighted by Gasteiger charge is -2.19. The maximum atomic E-state index is 11.5. The molecule has 1 aliphatic heterocycles. The molecule has 1 saturated heterocycles. The number of aliphatic hydroxyl groups is 1. The average Bonchev–Trinajstić information content (AvgIpc) is 3.06. The number of anilines is 1. The fourth-order valence-electron chi connectivity index (χ4n) is 2.84. The van der Waals surface area contributed by atoms with Gasteiger partial charge in [-0.15, -0.1) is 0 Å². The molecule has 0 aliphatic carbocycles. The smallest absolute Gasteiger partial charge is 0.252 e. The van der Waals surface area contributed by atoms with E-state index < -0.39 is 12.0 Å². The van der Waals surface area contributed by atoms with Gasteiger partial charge in [-0.25, -0.2) is 4.98 Å². The van der Waals surface area contributed by atoms with E-state index in [-0.39, 0.29) is 5.92 Å². The van der Waals surface area contributed by atoms with Gasteiger partial charge in [0, 0.05) is 37.7 Å². The second-order valence-electron chi connectivity index (χ2n) is 5.61. The van der Waals surface area contributed by atoms with Crippen LogP contribution in [0.2, 0.25) is 0 Å². The van der Waals surface area contributed by atoms with Crippen molar-refractivity contribution >= 4 is 11.7 Å². The van der Waals surface area contributed by atoms with Gasteiger partial charge in [-0.3, -0.25) is 4.79 Å². The van der Waals surface area contributed by atoms with Crippen molar-refractivity contribution in [1.29, 1.82) is 0 Å². The van der Waals surface area contributed by atoms with E-state index >= 15 is 0 Å². The van der Waals surface area contributed by atoms with Gasteiger partial charge in [0.15, 0.2) is 0 Å². The molecule has 2 aromatic rings. The highest BCUT2D eigenvalue weighted by Gasteiger charge is 2.34. The van der Waals surface area contributed by atoms with Crippen molar-refractivity contribution < 1.29 is 14.4 Å². The lowest BCUT2D eigenvalue weighted by molar-refractivity contribution is 0.100. The molecule has 0 aromatic carbocycles. The van der Waals surface area contributed by atoms with Crippen molar-refractivity contribution in [2.45, 2.75) is 19.4 Å². The molecule has 0 radical (unpaired) electrons. The summed E-state index contributed by atoms with van der Waals surface area (Å²) in [5.41, 5.74) is 6.57. The van der Waals surface area contributed by atoms with Gasteiger partial charge in [0.2, 0.25) is 0 Å². The van der Waals surface area contributed by atoms with Crippen molar-refractivity contribution in [3.05, 3.63) is 41.4 Å². The summed E-state index contributed by atoms with van der Waals surface area (Å²) in [6.45, 7) is 2.85. The lowest BCUT2D eigenvalue weighted by Crippen LogP contribution is -2.26. The summed E-state index contributed by atoms with van der Waals surface area (Å²) in [5, 5.41) is 14.1. The summed E-state index contributed by atoms with van der Waals surface area (Å²) < 4.78 is 5.21. The molecule has 2 atom stereocenters. The quantitative estimate of drug-likeness (QED) is 0.853. The van der Waals surface area contributed by atoms with Crippen molar-refractivity contribution in [3.8, 4) is 0 Å². The zero-order valence-electron chi connectivity index (χ0n) is 12.3. The van der Waals surface area contributed by atoms with E-state index in [1.54, 1.807) is 18.3 Å². The summed E-state index contributed by atoms with van der Waals surface area (Å²) in [5.74, 6) is 0.742. The van der Waals surface area contributed by atoms with Crippen molar-refractivity contribution in [2.24, 2.45) is 11.7 Å². The second-order valence-corrected chi connectivity index (χ2v) is 5.61. The van der Waals surface area contributed by atoms with Crippen molar-refractivity contribution in [2.75, 3.05) is 18.0 Å². The molecule has 3 rings (SSSR count). The molecule has 0 spiro atoms. The van der Waals surface area contributed by atoms with E-state index in [0.717, 1.165) is 11.5 Å². The summed E-state index contributed by atoms with van der Waals surface area (Å²) in [6, 6.07) is 5.18. The van der Waals surface area contributed by atoms with Gasteiger partial charge in [0.1, 0.15) is 11.6 Å². The molecule has 0 bridgehead atoms. The maximum Gasteiger partial charge on any atom is 0.252 e. The number of aromatic nitrogens is 2. The van der Waals surface area contributed by atoms with Crippen molar-refractivity contribution in [3.63, 3.8) is 0 Å². The number of carbonyl (C=O) groups excluding carboxylic acids is 1. The Labute approximate surface area is 127 Å². The Morgan fingerprint density at radius 3 is 3.05 bits per heavy atom. The SMILES string of the molecule is Cc1cc(CC2CN(c3ncccc3C(N)=O)CC2O)on1. The van der Waals surface area contributed by atoms with Crippen LogP contribution in [0, 0.1) is 12.8 Å². The molecule has 1 amide bonds. The largest absolute Gasteiger partial charge is 0.391 e. The summed E-state index contributed by atoms with van der Waals surface area (Å²) in [7, 11) is 0. The molecular formula is C15H18N4O3. The van der Waals surface area contributed by atoms with Crippen LogP contribution in [0.3, 0.4) is 0 Å². The zero-order valence-corrected chi connectivity index (χ0v) is 12.3. The number of carbonyl (C=O) groups is 1. The molecule has 1 fully saturated rings. The Balaban J connectivity index is 1.77. The highest BCUT2D eigenvalue weighted by Crippen LogP contribution is 2.27. The third-order valence-corrected chi connectivity index (χ3v) is 3.90. The van der Waals surface area contributed by atoms with Gasteiger partial charge < -0.3 is 20.3 Å². The van der Waals surface area contributed by atoms with Crippen LogP contribution in [0.15, 0.2) is 28.9 Å². The van der Waals surface area contributed by atoms with Gasteiger partial charge in [0.25, 0.3) is 5.91 Å². The maximum absolute atomic E-state index is 11.5.